The summed E-state index contributed by atoms with van der Waals surface area (Å²) in [6, 6.07) is 34.3. The number of hydrogen-bond donors (Lipinski definition) is 2. The van der Waals surface area contributed by atoms with E-state index < -0.39 is 0 Å². The highest BCUT2D eigenvalue weighted by atomic mass is 14.9. The van der Waals surface area contributed by atoms with Crippen LogP contribution in [0.15, 0.2) is 107 Å². The maximum atomic E-state index is 5.06. The van der Waals surface area contributed by atoms with Gasteiger partial charge in [-0.3, -0.25) is 9.98 Å². The average Bonchev–Trinajstić information content (AvgIpc) is 3.38. The van der Waals surface area contributed by atoms with Crippen LogP contribution in [0.5, 0.6) is 0 Å². The number of rotatable bonds is 13. The molecule has 0 saturated carbocycles. The Morgan fingerprint density at radius 2 is 0.739 bits per heavy atom. The summed E-state index contributed by atoms with van der Waals surface area (Å²) >= 11 is 0. The Balaban J connectivity index is 1.52. The normalized spacial score (nSPS) is 12.4. The van der Waals surface area contributed by atoms with Gasteiger partial charge in [-0.1, -0.05) is 128 Å². The number of hydrogen-bond acceptors (Lipinski definition) is 4. The molecule has 0 spiro atoms. The zero-order valence-corrected chi connectivity index (χ0v) is 29.3. The third-order valence-corrected chi connectivity index (χ3v) is 8.43. The number of para-hydroxylation sites is 2. The van der Waals surface area contributed by atoms with Crippen molar-refractivity contribution in [2.24, 2.45) is 9.98 Å². The predicted molar refractivity (Wildman–Crippen MR) is 199 cm³/mol. The number of nitrogens with zero attached hydrogens (tertiary/aromatic N) is 2. The molecule has 0 atom stereocenters. The predicted octanol–water partition coefficient (Wildman–Crippen LogP) is 10.9. The molecule has 0 unspecified atom stereocenters. The van der Waals surface area contributed by atoms with Gasteiger partial charge in [-0.25, -0.2) is 0 Å². The fourth-order valence-electron chi connectivity index (χ4n) is 5.85. The smallest absolute Gasteiger partial charge is 0.0809 e. The van der Waals surface area contributed by atoms with Crippen molar-refractivity contribution in [3.63, 3.8) is 0 Å². The largest absolute Gasteiger partial charge is 0.353 e. The minimum Gasteiger partial charge on any atom is -0.353 e. The quantitative estimate of drug-likeness (QED) is 0.147. The minimum absolute atomic E-state index is 0.424. The van der Waals surface area contributed by atoms with E-state index in [2.05, 4.69) is 163 Å². The van der Waals surface area contributed by atoms with E-state index in [1.54, 1.807) is 0 Å². The molecule has 4 nitrogen and oxygen atoms in total. The first-order valence-electron chi connectivity index (χ1n) is 17.2. The second-order valence-corrected chi connectivity index (χ2v) is 13.4. The van der Waals surface area contributed by atoms with Gasteiger partial charge in [0.2, 0.25) is 0 Å². The Morgan fingerprint density at radius 3 is 1.07 bits per heavy atom. The van der Waals surface area contributed by atoms with Crippen LogP contribution in [-0.2, 0) is 0 Å². The van der Waals surface area contributed by atoms with Crippen LogP contribution >= 0.6 is 0 Å². The van der Waals surface area contributed by atoms with Crippen molar-refractivity contribution in [3.8, 4) is 0 Å². The van der Waals surface area contributed by atoms with Crippen LogP contribution < -0.4 is 21.3 Å². The zero-order chi connectivity index (χ0) is 33.1. The van der Waals surface area contributed by atoms with E-state index in [1.165, 1.54) is 33.6 Å². The maximum Gasteiger partial charge on any atom is 0.0809 e. The van der Waals surface area contributed by atoms with Gasteiger partial charge in [0.25, 0.3) is 0 Å². The molecular formula is C42H54N4. The summed E-state index contributed by atoms with van der Waals surface area (Å²) < 4.78 is 0. The molecule has 0 aromatic heterocycles. The van der Waals surface area contributed by atoms with Gasteiger partial charge in [-0.2, -0.15) is 0 Å². The molecule has 0 aliphatic rings. The molecule has 242 valence electrons. The molecule has 4 rings (SSSR count). The Morgan fingerprint density at radius 1 is 0.413 bits per heavy atom. The summed E-state index contributed by atoms with van der Waals surface area (Å²) in [6.07, 6.45) is 1.94. The van der Waals surface area contributed by atoms with Gasteiger partial charge in [0.05, 0.1) is 22.1 Å². The number of unbranched alkanes of at least 4 members (excludes halogenated alkanes) is 1. The molecule has 0 bridgehead atoms. The molecule has 0 saturated heterocycles. The number of nitrogens with one attached hydrogen (secondary N) is 2. The highest BCUT2D eigenvalue weighted by molar-refractivity contribution is 5.69. The zero-order valence-electron chi connectivity index (χ0n) is 29.3. The van der Waals surface area contributed by atoms with Crippen LogP contribution in [0.4, 0.5) is 22.7 Å². The lowest BCUT2D eigenvalue weighted by molar-refractivity contribution is 0.740. The first-order valence-corrected chi connectivity index (χ1v) is 17.2. The molecule has 4 aromatic carbocycles. The van der Waals surface area contributed by atoms with Gasteiger partial charge < -0.3 is 10.6 Å². The lowest BCUT2D eigenvalue weighted by Crippen LogP contribution is -2.12. The van der Waals surface area contributed by atoms with Gasteiger partial charge in [0.1, 0.15) is 0 Å². The summed E-state index contributed by atoms with van der Waals surface area (Å²) in [6.45, 7) is 19.6. The Hall–Kier alpha value is -4.18. The van der Waals surface area contributed by atoms with E-state index in [1.807, 2.05) is 0 Å². The topological polar surface area (TPSA) is 48.8 Å². The highest BCUT2D eigenvalue weighted by Crippen LogP contribution is 2.35. The molecule has 0 aliphatic heterocycles. The second-order valence-electron chi connectivity index (χ2n) is 13.4. The molecule has 4 aromatic rings. The highest BCUT2D eigenvalue weighted by Gasteiger charge is 2.15. The van der Waals surface area contributed by atoms with Gasteiger partial charge in [0.15, 0.2) is 0 Å². The first kappa shape index (κ1) is 34.7. The number of anilines is 4. The van der Waals surface area contributed by atoms with Crippen molar-refractivity contribution in [2.45, 2.75) is 91.9 Å². The Bertz CT molecular complexity index is 1540. The summed E-state index contributed by atoms with van der Waals surface area (Å²) in [7, 11) is 0. The van der Waals surface area contributed by atoms with E-state index in [-0.39, 0.29) is 0 Å². The molecular weight excluding hydrogens is 560 g/mol. The average molecular weight is 615 g/mol. The first-order chi connectivity index (χ1) is 22.2. The van der Waals surface area contributed by atoms with Crippen LogP contribution in [0.3, 0.4) is 0 Å². The Labute approximate surface area is 277 Å². The second kappa shape index (κ2) is 16.9. The monoisotopic (exact) mass is 614 g/mol. The molecule has 2 N–H and O–H groups in total. The van der Waals surface area contributed by atoms with Gasteiger partial charge >= 0.3 is 0 Å². The van der Waals surface area contributed by atoms with Crippen LogP contribution in [0, 0.1) is 0 Å². The van der Waals surface area contributed by atoms with Gasteiger partial charge in [-0.15, -0.1) is 0 Å². The molecule has 0 amide bonds. The molecule has 0 heterocycles. The van der Waals surface area contributed by atoms with E-state index in [9.17, 15) is 0 Å². The van der Waals surface area contributed by atoms with Crippen molar-refractivity contribution in [1.82, 2.24) is 0 Å². The van der Waals surface area contributed by atoms with E-state index in [4.69, 9.17) is 9.98 Å². The lowest BCUT2D eigenvalue weighted by Gasteiger charge is -2.21. The van der Waals surface area contributed by atoms with Crippen LogP contribution in [0.1, 0.15) is 114 Å². The molecule has 46 heavy (non-hydrogen) atoms. The fourth-order valence-corrected chi connectivity index (χ4v) is 5.85. The van der Waals surface area contributed by atoms with Gasteiger partial charge in [0, 0.05) is 24.5 Å². The lowest BCUT2D eigenvalue weighted by atomic mass is 9.92. The van der Waals surface area contributed by atoms with E-state index >= 15 is 0 Å². The standard InChI is InChI=1S/C42H54N4/c1-29(2)33-19-17-20-34(30(3)4)41(33)45-39-25-13-9-11-23-37(39)43-27-15-16-28-44-38-24-12-10-14-26-40(38)46-42-35(31(5)6)21-18-22-36(42)32(7)8/h9-14,17-26,29-32H,15-16,27-28H2,1-8H3,(H,43,45)(H,44,46). The third kappa shape index (κ3) is 9.19. The van der Waals surface area contributed by atoms with Gasteiger partial charge in [-0.05, 0) is 83.0 Å². The third-order valence-electron chi connectivity index (χ3n) is 8.43. The van der Waals surface area contributed by atoms with E-state index in [0.717, 1.165) is 48.0 Å². The molecule has 0 aliphatic carbocycles. The minimum atomic E-state index is 0.424. The molecule has 4 heteroatoms. The SMILES string of the molecule is CC(C)c1cccc(C(C)C)c1Nc1cccccc1=NCCCCN=c1cccccc1Nc1c(C(C)C)cccc1C(C)C. The Kier molecular flexibility index (Phi) is 12.8. The van der Waals surface area contributed by atoms with Crippen molar-refractivity contribution in [3.05, 3.63) is 130 Å². The molecule has 0 fully saturated rings. The van der Waals surface area contributed by atoms with Crippen molar-refractivity contribution < 1.29 is 0 Å². The summed E-state index contributed by atoms with van der Waals surface area (Å²) in [5.41, 5.74) is 9.85. The summed E-state index contributed by atoms with van der Waals surface area (Å²) in [5, 5.41) is 9.57. The van der Waals surface area contributed by atoms with Crippen LogP contribution in [0.25, 0.3) is 0 Å². The summed E-state index contributed by atoms with van der Waals surface area (Å²) in [4.78, 5) is 10.1. The summed E-state index contributed by atoms with van der Waals surface area (Å²) in [5.74, 6) is 1.69. The van der Waals surface area contributed by atoms with Crippen LogP contribution in [0.2, 0.25) is 0 Å². The van der Waals surface area contributed by atoms with Crippen molar-refractivity contribution in [2.75, 3.05) is 23.7 Å². The van der Waals surface area contributed by atoms with Crippen molar-refractivity contribution >= 4 is 22.7 Å². The van der Waals surface area contributed by atoms with E-state index in [0.29, 0.717) is 23.7 Å². The van der Waals surface area contributed by atoms with Crippen molar-refractivity contribution in [1.29, 1.82) is 0 Å². The number of benzene rings is 2. The fraction of sp³-hybridized carbons (Fsp3) is 0.381. The van der Waals surface area contributed by atoms with Crippen LogP contribution in [-0.4, -0.2) is 13.1 Å². The maximum absolute atomic E-state index is 5.06. The molecule has 0 radical (unpaired) electrons.